The van der Waals surface area contributed by atoms with Gasteiger partial charge in [0.1, 0.15) is 11.7 Å². The third kappa shape index (κ3) is 7.17. The van der Waals surface area contributed by atoms with Gasteiger partial charge in [-0.05, 0) is 69.7 Å². The third-order valence-corrected chi connectivity index (χ3v) is 9.86. The van der Waals surface area contributed by atoms with Gasteiger partial charge in [0, 0.05) is 37.8 Å². The standard InChI is InChI=1S/C31H39N7O3S2/c1-7-37(8-2)43-29-20(3)14-26(42-29)35-27-28-33-16-25(22-11-12-23(15-32)40-19-22)38(28)18-24(34-27)21-10-9-13-36(17-21)30(39)41-31(4,5)6/h10,14,16,18-19,23H,7-9,11-13,17H2,1-6H3,(H,34,35). The number of allylic oxidation sites excluding steroid dienone is 1. The fourth-order valence-electron chi connectivity index (χ4n) is 4.94. The van der Waals surface area contributed by atoms with Gasteiger partial charge in [-0.25, -0.2) is 19.1 Å². The number of carbonyl (C=O) groups is 1. The largest absolute Gasteiger partial charge is 0.483 e. The molecule has 5 rings (SSSR count). The van der Waals surface area contributed by atoms with Crippen molar-refractivity contribution in [3.8, 4) is 6.07 Å². The molecular weight excluding hydrogens is 583 g/mol. The lowest BCUT2D eigenvalue weighted by Gasteiger charge is -2.30. The average Bonchev–Trinajstić information content (AvgIpc) is 3.57. The van der Waals surface area contributed by atoms with Crippen LogP contribution in [0.2, 0.25) is 0 Å². The van der Waals surface area contributed by atoms with Crippen LogP contribution in [0.25, 0.3) is 16.8 Å². The van der Waals surface area contributed by atoms with E-state index in [4.69, 9.17) is 19.4 Å². The monoisotopic (exact) mass is 621 g/mol. The molecule has 0 aromatic carbocycles. The normalized spacial score (nSPS) is 17.3. The first-order chi connectivity index (χ1) is 20.6. The summed E-state index contributed by atoms with van der Waals surface area (Å²) in [5.74, 6) is 0.631. The number of ether oxygens (including phenoxy) is 2. The number of carbonyl (C=O) groups excluding carboxylic acids is 1. The van der Waals surface area contributed by atoms with Crippen molar-refractivity contribution in [3.63, 3.8) is 0 Å². The summed E-state index contributed by atoms with van der Waals surface area (Å²) in [5, 5.41) is 13.8. The Morgan fingerprint density at radius 3 is 2.79 bits per heavy atom. The number of aromatic nitrogens is 3. The van der Waals surface area contributed by atoms with Crippen molar-refractivity contribution in [1.82, 2.24) is 23.6 Å². The molecular formula is C31H39N7O3S2. The third-order valence-electron chi connectivity index (χ3n) is 7.18. The van der Waals surface area contributed by atoms with Crippen LogP contribution in [0.1, 0.15) is 70.8 Å². The van der Waals surface area contributed by atoms with E-state index < -0.39 is 11.7 Å². The van der Waals surface area contributed by atoms with E-state index in [1.165, 1.54) is 9.77 Å². The van der Waals surface area contributed by atoms with Gasteiger partial charge in [-0.15, -0.1) is 11.3 Å². The number of aryl methyl sites for hydroxylation is 1. The molecule has 0 fully saturated rings. The van der Waals surface area contributed by atoms with Crippen molar-refractivity contribution in [3.05, 3.63) is 47.7 Å². The number of anilines is 2. The summed E-state index contributed by atoms with van der Waals surface area (Å²) < 4.78 is 16.9. The van der Waals surface area contributed by atoms with Crippen LogP contribution in [0.3, 0.4) is 0 Å². The lowest BCUT2D eigenvalue weighted by Crippen LogP contribution is -2.39. The zero-order valence-corrected chi connectivity index (χ0v) is 27.3. The van der Waals surface area contributed by atoms with E-state index in [1.54, 1.807) is 34.4 Å². The Bertz CT molecular complexity index is 1590. The minimum Gasteiger partial charge on any atom is -0.483 e. The first-order valence-electron chi connectivity index (χ1n) is 14.7. The highest BCUT2D eigenvalue weighted by atomic mass is 32.2. The van der Waals surface area contributed by atoms with E-state index in [-0.39, 0.29) is 6.09 Å². The quantitative estimate of drug-likeness (QED) is 0.260. The predicted molar refractivity (Wildman–Crippen MR) is 172 cm³/mol. The Morgan fingerprint density at radius 1 is 1.33 bits per heavy atom. The Hall–Kier alpha value is -3.53. The Morgan fingerprint density at radius 2 is 2.12 bits per heavy atom. The van der Waals surface area contributed by atoms with Gasteiger partial charge >= 0.3 is 6.09 Å². The molecule has 1 N–H and O–H groups in total. The van der Waals surface area contributed by atoms with Gasteiger partial charge in [-0.3, -0.25) is 4.40 Å². The van der Waals surface area contributed by atoms with Gasteiger partial charge in [0.05, 0.1) is 39.6 Å². The summed E-state index contributed by atoms with van der Waals surface area (Å²) >= 11 is 3.47. The molecule has 0 saturated carbocycles. The van der Waals surface area contributed by atoms with E-state index in [2.05, 4.69) is 48.6 Å². The van der Waals surface area contributed by atoms with Gasteiger partial charge in [0.25, 0.3) is 0 Å². The molecule has 0 radical (unpaired) electrons. The Kier molecular flexibility index (Phi) is 9.34. The van der Waals surface area contributed by atoms with E-state index in [0.29, 0.717) is 43.8 Å². The smallest absolute Gasteiger partial charge is 0.410 e. The second-order valence-corrected chi connectivity index (χ2v) is 14.0. The number of rotatable bonds is 8. The topological polar surface area (TPSA) is 108 Å². The number of hydrogen-bond acceptors (Lipinski definition) is 10. The number of fused-ring (bicyclic) bond motifs is 1. The van der Waals surface area contributed by atoms with E-state index in [0.717, 1.165) is 40.6 Å². The second-order valence-electron chi connectivity index (χ2n) is 11.6. The molecule has 3 aromatic heterocycles. The predicted octanol–water partition coefficient (Wildman–Crippen LogP) is 7.26. The molecule has 0 bridgehead atoms. The lowest BCUT2D eigenvalue weighted by molar-refractivity contribution is 0.0273. The zero-order chi connectivity index (χ0) is 30.7. The van der Waals surface area contributed by atoms with Crippen molar-refractivity contribution < 1.29 is 14.3 Å². The molecule has 1 amide bonds. The number of nitriles is 1. The van der Waals surface area contributed by atoms with Crippen LogP contribution < -0.4 is 5.32 Å². The molecule has 228 valence electrons. The van der Waals surface area contributed by atoms with Crippen LogP contribution in [-0.4, -0.2) is 67.6 Å². The van der Waals surface area contributed by atoms with E-state index in [9.17, 15) is 10.1 Å². The fourth-order valence-corrected chi connectivity index (χ4v) is 7.18. The first-order valence-corrected chi connectivity index (χ1v) is 16.3. The maximum absolute atomic E-state index is 12.9. The average molecular weight is 622 g/mol. The van der Waals surface area contributed by atoms with Crippen molar-refractivity contribution in [1.29, 1.82) is 5.26 Å². The van der Waals surface area contributed by atoms with Gasteiger partial charge in [0.15, 0.2) is 17.6 Å². The van der Waals surface area contributed by atoms with E-state index >= 15 is 0 Å². The molecule has 2 aliphatic heterocycles. The van der Waals surface area contributed by atoms with Crippen LogP contribution in [0.15, 0.2) is 35.0 Å². The molecule has 0 spiro atoms. The highest BCUT2D eigenvalue weighted by molar-refractivity contribution is 7.99. The number of hydrogen-bond donors (Lipinski definition) is 1. The second kappa shape index (κ2) is 13.0. The number of imidazole rings is 1. The summed E-state index contributed by atoms with van der Waals surface area (Å²) in [4.78, 5) is 24.5. The molecule has 10 nitrogen and oxygen atoms in total. The van der Waals surface area contributed by atoms with Crippen molar-refractivity contribution in [2.75, 3.05) is 31.5 Å². The number of nitrogens with zero attached hydrogens (tertiary/aromatic N) is 6. The summed E-state index contributed by atoms with van der Waals surface area (Å²) in [6.07, 6.45) is 8.90. The SMILES string of the molecule is CCN(CC)Sc1sc(Nc2nc(C3=CCCN(C(=O)OC(C)(C)C)C3)cn3c(C4=COC(C#N)CC4)cnc23)cc1C. The molecule has 1 atom stereocenters. The minimum atomic E-state index is -0.569. The van der Waals surface area contributed by atoms with Gasteiger partial charge in [-0.2, -0.15) is 5.26 Å². The number of thiophene rings is 1. The molecule has 1 unspecified atom stereocenters. The molecule has 2 aliphatic rings. The van der Waals surface area contributed by atoms with Crippen LogP contribution in [0, 0.1) is 18.3 Å². The van der Waals surface area contributed by atoms with Crippen molar-refractivity contribution in [2.45, 2.75) is 76.7 Å². The molecule has 0 aliphatic carbocycles. The first kappa shape index (κ1) is 30.9. The molecule has 0 saturated heterocycles. The minimum absolute atomic E-state index is 0.329. The lowest BCUT2D eigenvalue weighted by atomic mass is 10.0. The molecule has 3 aromatic rings. The Balaban J connectivity index is 1.52. The maximum atomic E-state index is 12.9. The molecule has 43 heavy (non-hydrogen) atoms. The number of amides is 1. The highest BCUT2D eigenvalue weighted by Crippen LogP contribution is 2.39. The van der Waals surface area contributed by atoms with Crippen molar-refractivity contribution in [2.24, 2.45) is 0 Å². The van der Waals surface area contributed by atoms with Crippen LogP contribution in [0.4, 0.5) is 15.6 Å². The summed E-state index contributed by atoms with van der Waals surface area (Å²) in [6, 6.07) is 4.33. The van der Waals surface area contributed by atoms with Crippen LogP contribution in [0.5, 0.6) is 0 Å². The summed E-state index contributed by atoms with van der Waals surface area (Å²) in [6.45, 7) is 15.0. The highest BCUT2D eigenvalue weighted by Gasteiger charge is 2.27. The van der Waals surface area contributed by atoms with Gasteiger partial charge in [-0.1, -0.05) is 19.9 Å². The summed E-state index contributed by atoms with van der Waals surface area (Å²) in [5.41, 5.74) is 4.88. The van der Waals surface area contributed by atoms with E-state index in [1.807, 2.05) is 37.6 Å². The van der Waals surface area contributed by atoms with Gasteiger partial charge < -0.3 is 19.7 Å². The van der Waals surface area contributed by atoms with Crippen LogP contribution in [-0.2, 0) is 9.47 Å². The maximum Gasteiger partial charge on any atom is 0.410 e. The van der Waals surface area contributed by atoms with Crippen LogP contribution >= 0.6 is 23.3 Å². The molecule has 12 heteroatoms. The fraction of sp³-hybridized carbons (Fsp3) is 0.484. The zero-order valence-electron chi connectivity index (χ0n) is 25.6. The Labute approximate surface area is 261 Å². The van der Waals surface area contributed by atoms with Gasteiger partial charge in [0.2, 0.25) is 0 Å². The summed E-state index contributed by atoms with van der Waals surface area (Å²) in [7, 11) is 0. The molecule has 5 heterocycles. The number of nitrogens with one attached hydrogen (secondary N) is 1. The van der Waals surface area contributed by atoms with Crippen molar-refractivity contribution >= 4 is 57.0 Å².